The molecule has 0 saturated carbocycles. The Hall–Kier alpha value is -2.38. The van der Waals surface area contributed by atoms with Crippen molar-refractivity contribution in [3.05, 3.63) is 31.9 Å². The van der Waals surface area contributed by atoms with E-state index < -0.39 is 32.7 Å². The van der Waals surface area contributed by atoms with Gasteiger partial charge < -0.3 is 10.2 Å². The molecule has 0 aromatic heterocycles. The maximum Gasteiger partial charge on any atom is 0.318 e. The number of phenolic OH excluding ortho intramolecular Hbond substituents is 2. The van der Waals surface area contributed by atoms with Crippen LogP contribution in [0.15, 0.2) is 6.07 Å². The molecule has 122 valence electrons. The van der Waals surface area contributed by atoms with Crippen LogP contribution in [-0.2, 0) is 6.42 Å². The van der Waals surface area contributed by atoms with E-state index in [-0.39, 0.29) is 12.0 Å². The Morgan fingerprint density at radius 3 is 1.82 bits per heavy atom. The highest BCUT2D eigenvalue weighted by atomic mass is 16.6. The first-order valence-electron chi connectivity index (χ1n) is 7.26. The topological polar surface area (TPSA) is 127 Å². The number of hydrogen-bond donors (Lipinski definition) is 2. The fraction of sp³-hybridized carbons (Fsp3) is 0.571. The number of nitro groups is 2. The Kier molecular flexibility index (Phi) is 6.55. The van der Waals surface area contributed by atoms with Crippen molar-refractivity contribution >= 4 is 11.4 Å². The molecule has 1 aromatic rings. The molecule has 0 aliphatic rings. The van der Waals surface area contributed by atoms with Crippen molar-refractivity contribution in [3.8, 4) is 11.5 Å². The van der Waals surface area contributed by atoms with Gasteiger partial charge in [0, 0.05) is 0 Å². The average Bonchev–Trinajstić information content (AvgIpc) is 2.44. The van der Waals surface area contributed by atoms with Gasteiger partial charge in [0.2, 0.25) is 11.5 Å². The summed E-state index contributed by atoms with van der Waals surface area (Å²) in [4.78, 5) is 19.9. The van der Waals surface area contributed by atoms with Crippen molar-refractivity contribution in [3.63, 3.8) is 0 Å². The molecule has 0 amide bonds. The monoisotopic (exact) mass is 312 g/mol. The summed E-state index contributed by atoms with van der Waals surface area (Å²) in [6, 6.07) is 0.579. The van der Waals surface area contributed by atoms with Gasteiger partial charge in [0.05, 0.1) is 15.4 Å². The molecule has 8 heteroatoms. The summed E-state index contributed by atoms with van der Waals surface area (Å²) in [5.41, 5.74) is -1.65. The van der Waals surface area contributed by atoms with E-state index in [1.165, 1.54) is 0 Å². The first kappa shape index (κ1) is 17.7. The van der Waals surface area contributed by atoms with Gasteiger partial charge in [-0.3, -0.25) is 20.2 Å². The lowest BCUT2D eigenvalue weighted by molar-refractivity contribution is -0.395. The quantitative estimate of drug-likeness (QED) is 0.405. The maximum atomic E-state index is 10.8. The van der Waals surface area contributed by atoms with Crippen molar-refractivity contribution in [2.75, 3.05) is 0 Å². The zero-order valence-electron chi connectivity index (χ0n) is 12.4. The Bertz CT molecular complexity index is 521. The van der Waals surface area contributed by atoms with Crippen LogP contribution in [0.5, 0.6) is 11.5 Å². The second-order valence-corrected chi connectivity index (χ2v) is 5.12. The van der Waals surface area contributed by atoms with Gasteiger partial charge >= 0.3 is 11.4 Å². The Labute approximate surface area is 127 Å². The third-order valence-corrected chi connectivity index (χ3v) is 3.50. The Balaban J connectivity index is 2.92. The number of aromatic hydroxyl groups is 2. The van der Waals surface area contributed by atoms with Gasteiger partial charge in [-0.15, -0.1) is 0 Å². The molecule has 22 heavy (non-hydrogen) atoms. The van der Waals surface area contributed by atoms with Gasteiger partial charge in [0.25, 0.3) is 0 Å². The van der Waals surface area contributed by atoms with E-state index in [1.807, 2.05) is 0 Å². The van der Waals surface area contributed by atoms with E-state index in [4.69, 9.17) is 0 Å². The number of rotatable bonds is 9. The predicted octanol–water partition coefficient (Wildman–Crippen LogP) is 3.82. The fourth-order valence-electron chi connectivity index (χ4n) is 2.28. The number of phenols is 2. The lowest BCUT2D eigenvalue weighted by Gasteiger charge is -2.08. The summed E-state index contributed by atoms with van der Waals surface area (Å²) < 4.78 is 0. The minimum Gasteiger partial charge on any atom is -0.502 e. The van der Waals surface area contributed by atoms with Crippen molar-refractivity contribution in [2.45, 2.75) is 51.9 Å². The molecule has 0 fully saturated rings. The van der Waals surface area contributed by atoms with Crippen LogP contribution in [0.1, 0.15) is 51.0 Å². The molecule has 0 spiro atoms. The van der Waals surface area contributed by atoms with E-state index in [2.05, 4.69) is 6.92 Å². The Morgan fingerprint density at radius 1 is 0.909 bits per heavy atom. The third kappa shape index (κ3) is 4.31. The fourth-order valence-corrected chi connectivity index (χ4v) is 2.28. The van der Waals surface area contributed by atoms with Crippen molar-refractivity contribution in [1.29, 1.82) is 0 Å². The van der Waals surface area contributed by atoms with Crippen LogP contribution in [-0.4, -0.2) is 20.1 Å². The summed E-state index contributed by atoms with van der Waals surface area (Å²) >= 11 is 0. The van der Waals surface area contributed by atoms with Gasteiger partial charge in [-0.1, -0.05) is 39.0 Å². The number of nitro benzene ring substituents is 2. The summed E-state index contributed by atoms with van der Waals surface area (Å²) in [6.45, 7) is 2.10. The minimum absolute atomic E-state index is 0.128. The largest absolute Gasteiger partial charge is 0.502 e. The SMILES string of the molecule is CCCCCCCCc1c(O)c([N+](=O)[O-])cc([N+](=O)[O-])c1O. The molecule has 0 bridgehead atoms. The van der Waals surface area contributed by atoms with Crippen molar-refractivity contribution < 1.29 is 20.1 Å². The van der Waals surface area contributed by atoms with Crippen LogP contribution < -0.4 is 0 Å². The van der Waals surface area contributed by atoms with Gasteiger partial charge in [0.1, 0.15) is 6.07 Å². The molecule has 2 N–H and O–H groups in total. The first-order valence-corrected chi connectivity index (χ1v) is 7.26. The molecular formula is C14H20N2O6. The number of hydrogen-bond acceptors (Lipinski definition) is 6. The molecule has 0 unspecified atom stereocenters. The normalized spacial score (nSPS) is 10.6. The van der Waals surface area contributed by atoms with E-state index >= 15 is 0 Å². The molecule has 0 saturated heterocycles. The molecule has 8 nitrogen and oxygen atoms in total. The summed E-state index contributed by atoms with van der Waals surface area (Å²) in [6.07, 6.45) is 5.86. The summed E-state index contributed by atoms with van der Waals surface area (Å²) in [7, 11) is 0. The van der Waals surface area contributed by atoms with Crippen LogP contribution in [0.25, 0.3) is 0 Å². The molecule has 1 rings (SSSR count). The highest BCUT2D eigenvalue weighted by molar-refractivity contribution is 5.66. The standard InChI is InChI=1S/C14H20N2O6/c1-2-3-4-5-6-7-8-10-13(17)11(15(19)20)9-12(14(10)18)16(21)22/h9,17-18H,2-8H2,1H3. The van der Waals surface area contributed by atoms with Crippen LogP contribution in [0.2, 0.25) is 0 Å². The van der Waals surface area contributed by atoms with E-state index in [9.17, 15) is 30.4 Å². The second kappa shape index (κ2) is 8.16. The molecule has 1 aromatic carbocycles. The number of unbranched alkanes of at least 4 members (excludes halogenated alkanes) is 5. The van der Waals surface area contributed by atoms with Gasteiger partial charge in [-0.2, -0.15) is 0 Å². The predicted molar refractivity (Wildman–Crippen MR) is 80.2 cm³/mol. The molecule has 0 heterocycles. The number of nitrogens with zero attached hydrogens (tertiary/aromatic N) is 2. The second-order valence-electron chi connectivity index (χ2n) is 5.12. The van der Waals surface area contributed by atoms with Gasteiger partial charge in [0.15, 0.2) is 0 Å². The summed E-state index contributed by atoms with van der Waals surface area (Å²) in [5.74, 6) is -1.39. The zero-order chi connectivity index (χ0) is 16.7. The van der Waals surface area contributed by atoms with E-state index in [0.717, 1.165) is 32.1 Å². The molecule has 0 atom stereocenters. The van der Waals surface area contributed by atoms with E-state index in [0.29, 0.717) is 12.5 Å². The smallest absolute Gasteiger partial charge is 0.318 e. The highest BCUT2D eigenvalue weighted by Crippen LogP contribution is 2.43. The molecule has 0 aliphatic heterocycles. The zero-order valence-corrected chi connectivity index (χ0v) is 12.4. The lowest BCUT2D eigenvalue weighted by Crippen LogP contribution is -1.98. The first-order chi connectivity index (χ1) is 10.4. The highest BCUT2D eigenvalue weighted by Gasteiger charge is 2.29. The van der Waals surface area contributed by atoms with Crippen LogP contribution >= 0.6 is 0 Å². The van der Waals surface area contributed by atoms with Crippen LogP contribution in [0, 0.1) is 20.2 Å². The van der Waals surface area contributed by atoms with Gasteiger partial charge in [-0.25, -0.2) is 0 Å². The van der Waals surface area contributed by atoms with Crippen molar-refractivity contribution in [2.24, 2.45) is 0 Å². The molecular weight excluding hydrogens is 292 g/mol. The average molecular weight is 312 g/mol. The lowest BCUT2D eigenvalue weighted by atomic mass is 10.0. The molecule has 0 aliphatic carbocycles. The molecule has 0 radical (unpaired) electrons. The van der Waals surface area contributed by atoms with E-state index in [1.54, 1.807) is 0 Å². The minimum atomic E-state index is -0.896. The summed E-state index contributed by atoms with van der Waals surface area (Å²) in [5, 5.41) is 41.4. The van der Waals surface area contributed by atoms with Gasteiger partial charge in [-0.05, 0) is 12.8 Å². The van der Waals surface area contributed by atoms with Crippen molar-refractivity contribution in [1.82, 2.24) is 0 Å². The Morgan fingerprint density at radius 2 is 1.36 bits per heavy atom. The maximum absolute atomic E-state index is 10.8. The van der Waals surface area contributed by atoms with Crippen LogP contribution in [0.4, 0.5) is 11.4 Å². The van der Waals surface area contributed by atoms with Crippen LogP contribution in [0.3, 0.4) is 0 Å². The number of benzene rings is 1. The third-order valence-electron chi connectivity index (χ3n) is 3.50.